The number of nitrogens with one attached hydrogen (secondary N) is 1. The predicted octanol–water partition coefficient (Wildman–Crippen LogP) is 6.37. The normalized spacial score (nSPS) is 14.5. The maximum absolute atomic E-state index is 12.4. The fourth-order valence-electron chi connectivity index (χ4n) is 3.52. The summed E-state index contributed by atoms with van der Waals surface area (Å²) in [5, 5.41) is 4.46. The van der Waals surface area contributed by atoms with Crippen LogP contribution in [0, 0.1) is 0 Å². The zero-order chi connectivity index (χ0) is 19.2. The van der Waals surface area contributed by atoms with Crippen LogP contribution < -0.4 is 5.32 Å². The summed E-state index contributed by atoms with van der Waals surface area (Å²) < 4.78 is 0. The first-order valence-corrected chi connectivity index (χ1v) is 11.4. The minimum absolute atomic E-state index is 0.0645. The molecule has 5 heteroatoms. The van der Waals surface area contributed by atoms with Gasteiger partial charge in [0.25, 0.3) is 0 Å². The van der Waals surface area contributed by atoms with E-state index in [9.17, 15) is 4.79 Å². The van der Waals surface area contributed by atoms with Gasteiger partial charge in [-0.3, -0.25) is 4.79 Å². The van der Waals surface area contributed by atoms with Gasteiger partial charge >= 0.3 is 0 Å². The molecule has 1 aliphatic carbocycles. The summed E-state index contributed by atoms with van der Waals surface area (Å²) in [7, 11) is 0. The van der Waals surface area contributed by atoms with Gasteiger partial charge in [0.2, 0.25) is 5.91 Å². The highest BCUT2D eigenvalue weighted by Gasteiger charge is 2.16. The topological polar surface area (TPSA) is 29.1 Å². The maximum Gasteiger partial charge on any atom is 0.230 e. The Kier molecular flexibility index (Phi) is 7.51. The molecule has 1 amide bonds. The second kappa shape index (κ2) is 9.86. The number of hydrogen-bond acceptors (Lipinski definition) is 2. The number of hydrogen-bond donors (Lipinski definition) is 1. The minimum Gasteiger partial charge on any atom is -0.349 e. The standard InChI is InChI=1S/C22H25Cl2NOS/c1-2-21(17-8-7-15-5-3-4-6-16(15)11-17)25-22(26)14-27-13-18-9-10-19(23)12-20(18)24/h7-12,21H,2-6,13-14H2,1H3,(H,25,26). The summed E-state index contributed by atoms with van der Waals surface area (Å²) >= 11 is 13.7. The number of amides is 1. The van der Waals surface area contributed by atoms with Crippen LogP contribution in [0.2, 0.25) is 10.0 Å². The lowest BCUT2D eigenvalue weighted by molar-refractivity contribution is -0.119. The van der Waals surface area contributed by atoms with E-state index in [1.165, 1.54) is 36.0 Å². The lowest BCUT2D eigenvalue weighted by Gasteiger charge is -2.21. The first-order valence-electron chi connectivity index (χ1n) is 9.49. The van der Waals surface area contributed by atoms with E-state index in [0.29, 0.717) is 21.6 Å². The van der Waals surface area contributed by atoms with E-state index in [1.54, 1.807) is 17.8 Å². The summed E-state index contributed by atoms with van der Waals surface area (Å²) in [5.74, 6) is 1.18. The second-order valence-electron chi connectivity index (χ2n) is 6.99. The first-order chi connectivity index (χ1) is 13.1. The highest BCUT2D eigenvalue weighted by atomic mass is 35.5. The van der Waals surface area contributed by atoms with Crippen LogP contribution in [-0.2, 0) is 23.4 Å². The van der Waals surface area contributed by atoms with Crippen LogP contribution in [0.1, 0.15) is 54.5 Å². The smallest absolute Gasteiger partial charge is 0.230 e. The summed E-state index contributed by atoms with van der Waals surface area (Å²) in [6.07, 6.45) is 5.78. The molecule has 1 N–H and O–H groups in total. The van der Waals surface area contributed by atoms with Crippen LogP contribution in [0.3, 0.4) is 0 Å². The van der Waals surface area contributed by atoms with Crippen molar-refractivity contribution in [2.75, 3.05) is 5.75 Å². The van der Waals surface area contributed by atoms with Crippen LogP contribution in [0.4, 0.5) is 0 Å². The largest absolute Gasteiger partial charge is 0.349 e. The molecule has 0 saturated carbocycles. The van der Waals surface area contributed by atoms with Crippen molar-refractivity contribution in [3.8, 4) is 0 Å². The summed E-state index contributed by atoms with van der Waals surface area (Å²) in [4.78, 5) is 12.4. The van der Waals surface area contributed by atoms with Crippen molar-refractivity contribution >= 4 is 40.9 Å². The molecular weight excluding hydrogens is 397 g/mol. The Labute approximate surface area is 176 Å². The molecule has 1 atom stereocenters. The number of thioether (sulfide) groups is 1. The fourth-order valence-corrected chi connectivity index (χ4v) is 4.92. The lowest BCUT2D eigenvalue weighted by atomic mass is 9.89. The monoisotopic (exact) mass is 421 g/mol. The molecule has 0 radical (unpaired) electrons. The SMILES string of the molecule is CCC(NC(=O)CSCc1ccc(Cl)cc1Cl)c1ccc2c(c1)CCCC2. The van der Waals surface area contributed by atoms with Gasteiger partial charge in [-0.2, -0.15) is 0 Å². The van der Waals surface area contributed by atoms with Gasteiger partial charge in [-0.05, 0) is 66.5 Å². The van der Waals surface area contributed by atoms with E-state index >= 15 is 0 Å². The Morgan fingerprint density at radius 1 is 1.11 bits per heavy atom. The average molecular weight is 422 g/mol. The van der Waals surface area contributed by atoms with Crippen molar-refractivity contribution in [3.05, 3.63) is 68.7 Å². The Morgan fingerprint density at radius 3 is 2.63 bits per heavy atom. The van der Waals surface area contributed by atoms with Gasteiger partial charge in [0.1, 0.15) is 0 Å². The van der Waals surface area contributed by atoms with Crippen LogP contribution in [0.15, 0.2) is 36.4 Å². The Balaban J connectivity index is 1.54. The average Bonchev–Trinajstić information content (AvgIpc) is 2.67. The van der Waals surface area contributed by atoms with Crippen LogP contribution in [0.5, 0.6) is 0 Å². The maximum atomic E-state index is 12.4. The molecule has 3 rings (SSSR count). The van der Waals surface area contributed by atoms with Gasteiger partial charge in [0, 0.05) is 15.8 Å². The molecule has 0 heterocycles. The van der Waals surface area contributed by atoms with Crippen molar-refractivity contribution in [2.45, 2.75) is 50.8 Å². The summed E-state index contributed by atoms with van der Waals surface area (Å²) in [6, 6.07) is 12.3. The van der Waals surface area contributed by atoms with Crippen LogP contribution >= 0.6 is 35.0 Å². The number of carbonyl (C=O) groups excluding carboxylic acids is 1. The van der Waals surface area contributed by atoms with Gasteiger partial charge in [-0.1, -0.05) is 54.4 Å². The van der Waals surface area contributed by atoms with Gasteiger partial charge in [-0.15, -0.1) is 11.8 Å². The van der Waals surface area contributed by atoms with Crippen molar-refractivity contribution in [1.29, 1.82) is 0 Å². The van der Waals surface area contributed by atoms with Crippen molar-refractivity contribution in [1.82, 2.24) is 5.32 Å². The Bertz CT molecular complexity index is 809. The molecule has 2 nitrogen and oxygen atoms in total. The molecular formula is C22H25Cl2NOS. The molecule has 0 aromatic heterocycles. The van der Waals surface area contributed by atoms with Gasteiger partial charge in [-0.25, -0.2) is 0 Å². The minimum atomic E-state index is 0.0645. The summed E-state index contributed by atoms with van der Waals surface area (Å²) in [6.45, 7) is 2.12. The predicted molar refractivity (Wildman–Crippen MR) is 117 cm³/mol. The lowest BCUT2D eigenvalue weighted by Crippen LogP contribution is -2.29. The number of aryl methyl sites for hydroxylation is 2. The van der Waals surface area contributed by atoms with E-state index in [2.05, 4.69) is 30.4 Å². The molecule has 144 valence electrons. The molecule has 0 bridgehead atoms. The third-order valence-corrected chi connectivity index (χ3v) is 6.59. The molecule has 0 fully saturated rings. The molecule has 1 unspecified atom stereocenters. The quantitative estimate of drug-likeness (QED) is 0.562. The number of carbonyl (C=O) groups is 1. The van der Waals surface area contributed by atoms with Crippen molar-refractivity contribution in [2.24, 2.45) is 0 Å². The molecule has 2 aromatic carbocycles. The number of fused-ring (bicyclic) bond motifs is 1. The van der Waals surface area contributed by atoms with E-state index in [4.69, 9.17) is 23.2 Å². The third kappa shape index (κ3) is 5.66. The highest BCUT2D eigenvalue weighted by Crippen LogP contribution is 2.27. The Hall–Kier alpha value is -1.16. The third-order valence-electron chi connectivity index (χ3n) is 5.02. The molecule has 1 aliphatic rings. The Morgan fingerprint density at radius 2 is 1.89 bits per heavy atom. The first kappa shape index (κ1) is 20.6. The van der Waals surface area contributed by atoms with E-state index in [0.717, 1.165) is 18.4 Å². The fraction of sp³-hybridized carbons (Fsp3) is 0.409. The molecule has 0 saturated heterocycles. The number of rotatable bonds is 7. The molecule has 2 aromatic rings. The van der Waals surface area contributed by atoms with Crippen LogP contribution in [0.25, 0.3) is 0 Å². The zero-order valence-corrected chi connectivity index (χ0v) is 17.9. The van der Waals surface area contributed by atoms with Crippen molar-refractivity contribution in [3.63, 3.8) is 0 Å². The van der Waals surface area contributed by atoms with E-state index in [-0.39, 0.29) is 11.9 Å². The van der Waals surface area contributed by atoms with Crippen molar-refractivity contribution < 1.29 is 4.79 Å². The van der Waals surface area contributed by atoms with Crippen LogP contribution in [-0.4, -0.2) is 11.7 Å². The van der Waals surface area contributed by atoms with E-state index in [1.807, 2.05) is 12.1 Å². The van der Waals surface area contributed by atoms with Gasteiger partial charge in [0.05, 0.1) is 11.8 Å². The number of benzene rings is 2. The highest BCUT2D eigenvalue weighted by molar-refractivity contribution is 7.99. The molecule has 27 heavy (non-hydrogen) atoms. The van der Waals surface area contributed by atoms with Gasteiger partial charge in [0.15, 0.2) is 0 Å². The molecule has 0 spiro atoms. The zero-order valence-electron chi connectivity index (χ0n) is 15.6. The second-order valence-corrected chi connectivity index (χ2v) is 8.82. The molecule has 0 aliphatic heterocycles. The van der Waals surface area contributed by atoms with Gasteiger partial charge < -0.3 is 5.32 Å². The number of halogens is 2. The van der Waals surface area contributed by atoms with E-state index < -0.39 is 0 Å². The summed E-state index contributed by atoms with van der Waals surface area (Å²) in [5.41, 5.74) is 5.15.